The summed E-state index contributed by atoms with van der Waals surface area (Å²) < 4.78 is 53.8. The average molecular weight is 318 g/mol. The number of benzene rings is 1. The molecular formula is C10H10N2O6S2. The molecule has 108 valence electrons. The normalized spacial score (nSPS) is 12.3. The smallest absolute Gasteiger partial charge is 0.336 e. The van der Waals surface area contributed by atoms with E-state index in [2.05, 4.69) is 14.2 Å². The van der Waals surface area contributed by atoms with Gasteiger partial charge in [-0.3, -0.25) is 0 Å². The highest BCUT2D eigenvalue weighted by molar-refractivity contribution is 7.86. The van der Waals surface area contributed by atoms with Crippen LogP contribution in [0, 0.1) is 0 Å². The van der Waals surface area contributed by atoms with Crippen molar-refractivity contribution in [2.75, 3.05) is 12.5 Å². The maximum Gasteiger partial charge on any atom is 0.336 e. The van der Waals surface area contributed by atoms with Crippen molar-refractivity contribution in [2.45, 2.75) is 0 Å². The van der Waals surface area contributed by atoms with Gasteiger partial charge in [0.1, 0.15) is 0 Å². The van der Waals surface area contributed by atoms with Crippen LogP contribution in [0.25, 0.3) is 10.9 Å². The second-order valence-corrected chi connectivity index (χ2v) is 7.05. The molecule has 20 heavy (non-hydrogen) atoms. The third-order valence-corrected chi connectivity index (χ3v) is 2.92. The van der Waals surface area contributed by atoms with Gasteiger partial charge in [0.05, 0.1) is 23.4 Å². The average Bonchev–Trinajstić information content (AvgIpc) is 2.24. The molecule has 0 amide bonds. The van der Waals surface area contributed by atoms with Crippen molar-refractivity contribution in [1.29, 1.82) is 0 Å². The number of aromatic nitrogens is 2. The first-order valence-corrected chi connectivity index (χ1v) is 8.83. The van der Waals surface area contributed by atoms with Crippen LogP contribution >= 0.6 is 0 Å². The van der Waals surface area contributed by atoms with Crippen LogP contribution in [0.2, 0.25) is 0 Å². The molecular weight excluding hydrogens is 308 g/mol. The molecule has 0 spiro atoms. The van der Waals surface area contributed by atoms with Crippen molar-refractivity contribution in [1.82, 2.24) is 9.97 Å². The van der Waals surface area contributed by atoms with Gasteiger partial charge in [0.15, 0.2) is 0 Å². The molecule has 8 nitrogen and oxygen atoms in total. The number of para-hydroxylation sites is 1. The van der Waals surface area contributed by atoms with E-state index in [-0.39, 0.29) is 5.88 Å². The summed E-state index contributed by atoms with van der Waals surface area (Å²) in [7, 11) is -7.66. The van der Waals surface area contributed by atoms with Gasteiger partial charge in [0.2, 0.25) is 5.88 Å². The molecule has 1 aromatic carbocycles. The molecule has 0 bridgehead atoms. The summed E-state index contributed by atoms with van der Waals surface area (Å²) in [6.07, 6.45) is 1.67. The molecule has 1 aromatic heterocycles. The van der Waals surface area contributed by atoms with E-state index in [4.69, 9.17) is 4.18 Å². The fraction of sp³-hybridized carbons (Fsp3) is 0.200. The third kappa shape index (κ3) is 3.78. The van der Waals surface area contributed by atoms with Gasteiger partial charge >= 0.3 is 26.2 Å². The Bertz CT molecular complexity index is 860. The van der Waals surface area contributed by atoms with Crippen LogP contribution in [0.5, 0.6) is 11.9 Å². The maximum absolute atomic E-state index is 11.2. The molecule has 2 aromatic rings. The van der Waals surface area contributed by atoms with Gasteiger partial charge in [-0.05, 0) is 12.1 Å². The monoisotopic (exact) mass is 318 g/mol. The van der Waals surface area contributed by atoms with Crippen LogP contribution in [-0.4, -0.2) is 39.3 Å². The highest BCUT2D eigenvalue weighted by atomic mass is 32.2. The molecule has 0 saturated heterocycles. The minimum atomic E-state index is -3.84. The fourth-order valence-corrected chi connectivity index (χ4v) is 2.17. The van der Waals surface area contributed by atoms with Gasteiger partial charge in [-0.15, -0.1) is 0 Å². The lowest BCUT2D eigenvalue weighted by Gasteiger charge is -2.07. The standard InChI is InChI=1S/C10H10N2O6S2/c1-19(13,14)17-9-7-5-3-4-6-8(7)11-10(12-9)18-20(2,15)16/h3-6H,1-2H3. The zero-order valence-corrected chi connectivity index (χ0v) is 12.1. The highest BCUT2D eigenvalue weighted by Gasteiger charge is 2.16. The largest absolute Gasteiger partial charge is 0.361 e. The molecule has 10 heteroatoms. The van der Waals surface area contributed by atoms with Crippen LogP contribution in [-0.2, 0) is 20.2 Å². The number of rotatable bonds is 4. The van der Waals surface area contributed by atoms with E-state index in [1.54, 1.807) is 24.3 Å². The van der Waals surface area contributed by atoms with E-state index in [1.165, 1.54) is 0 Å². The summed E-state index contributed by atoms with van der Waals surface area (Å²) in [4.78, 5) is 7.52. The Morgan fingerprint density at radius 1 is 0.900 bits per heavy atom. The van der Waals surface area contributed by atoms with Crippen molar-refractivity contribution < 1.29 is 25.2 Å². The predicted octanol–water partition coefficient (Wildman–Crippen LogP) is 0.307. The lowest BCUT2D eigenvalue weighted by atomic mass is 10.2. The fourth-order valence-electron chi connectivity index (χ4n) is 1.41. The number of hydrogen-bond donors (Lipinski definition) is 0. The first kappa shape index (κ1) is 14.5. The molecule has 0 atom stereocenters. The molecule has 0 radical (unpaired) electrons. The zero-order chi connectivity index (χ0) is 15.0. The minimum Gasteiger partial charge on any atom is -0.361 e. The summed E-state index contributed by atoms with van der Waals surface area (Å²) in [5.74, 6) is -0.295. The highest BCUT2D eigenvalue weighted by Crippen LogP contribution is 2.25. The summed E-state index contributed by atoms with van der Waals surface area (Å²) >= 11 is 0. The van der Waals surface area contributed by atoms with E-state index < -0.39 is 26.2 Å². The Balaban J connectivity index is 2.64. The Hall–Kier alpha value is -1.94. The van der Waals surface area contributed by atoms with E-state index in [1.807, 2.05) is 0 Å². The van der Waals surface area contributed by atoms with Crippen molar-refractivity contribution >= 4 is 31.1 Å². The minimum absolute atomic E-state index is 0.291. The molecule has 0 saturated carbocycles. The van der Waals surface area contributed by atoms with Crippen molar-refractivity contribution in [3.8, 4) is 11.9 Å². The van der Waals surface area contributed by atoms with Crippen molar-refractivity contribution in [3.63, 3.8) is 0 Å². The summed E-state index contributed by atoms with van der Waals surface area (Å²) in [5, 5.41) is 0.318. The van der Waals surface area contributed by atoms with Crippen LogP contribution < -0.4 is 8.37 Å². The maximum atomic E-state index is 11.2. The predicted molar refractivity (Wildman–Crippen MR) is 70.5 cm³/mol. The molecule has 0 unspecified atom stereocenters. The van der Waals surface area contributed by atoms with Crippen LogP contribution in [0.3, 0.4) is 0 Å². The Labute approximate surface area is 115 Å². The van der Waals surface area contributed by atoms with Crippen LogP contribution in [0.4, 0.5) is 0 Å². The van der Waals surface area contributed by atoms with Crippen molar-refractivity contribution in [3.05, 3.63) is 24.3 Å². The molecule has 0 N–H and O–H groups in total. The Kier molecular flexibility index (Phi) is 3.52. The Morgan fingerprint density at radius 2 is 1.50 bits per heavy atom. The molecule has 1 heterocycles. The number of fused-ring (bicyclic) bond motifs is 1. The summed E-state index contributed by atoms with van der Waals surface area (Å²) in [6.45, 7) is 0. The third-order valence-electron chi connectivity index (χ3n) is 2.00. The lowest BCUT2D eigenvalue weighted by Crippen LogP contribution is -2.11. The quantitative estimate of drug-likeness (QED) is 0.740. The van der Waals surface area contributed by atoms with Gasteiger partial charge < -0.3 is 8.37 Å². The van der Waals surface area contributed by atoms with Crippen LogP contribution in [0.1, 0.15) is 0 Å². The van der Waals surface area contributed by atoms with E-state index >= 15 is 0 Å². The first-order chi connectivity index (χ1) is 9.14. The second-order valence-electron chi connectivity index (χ2n) is 3.90. The number of hydrogen-bond acceptors (Lipinski definition) is 8. The molecule has 0 fully saturated rings. The lowest BCUT2D eigenvalue weighted by molar-refractivity contribution is 0.456. The zero-order valence-electron chi connectivity index (χ0n) is 10.5. The molecule has 2 rings (SSSR count). The topological polar surface area (TPSA) is 113 Å². The molecule has 0 aliphatic rings. The Morgan fingerprint density at radius 3 is 2.10 bits per heavy atom. The van der Waals surface area contributed by atoms with Gasteiger partial charge in [-0.2, -0.15) is 26.8 Å². The number of nitrogens with zero attached hydrogens (tertiary/aromatic N) is 2. The van der Waals surface area contributed by atoms with Gasteiger partial charge in [0, 0.05) is 0 Å². The van der Waals surface area contributed by atoms with E-state index in [9.17, 15) is 16.8 Å². The summed E-state index contributed by atoms with van der Waals surface area (Å²) in [6, 6.07) is 5.85. The van der Waals surface area contributed by atoms with Crippen LogP contribution in [0.15, 0.2) is 24.3 Å². The van der Waals surface area contributed by atoms with Gasteiger partial charge in [-0.25, -0.2) is 0 Å². The van der Waals surface area contributed by atoms with Crippen molar-refractivity contribution in [2.24, 2.45) is 0 Å². The second kappa shape index (κ2) is 4.87. The first-order valence-electron chi connectivity index (χ1n) is 5.20. The van der Waals surface area contributed by atoms with Gasteiger partial charge in [-0.1, -0.05) is 12.1 Å². The van der Waals surface area contributed by atoms with E-state index in [0.717, 1.165) is 12.5 Å². The molecule has 0 aliphatic carbocycles. The SMILES string of the molecule is CS(=O)(=O)Oc1nc(OS(C)(=O)=O)c2ccccc2n1. The summed E-state index contributed by atoms with van der Waals surface area (Å²) in [5.41, 5.74) is 0.291. The molecule has 0 aliphatic heterocycles. The van der Waals surface area contributed by atoms with Gasteiger partial charge in [0.25, 0.3) is 0 Å². The van der Waals surface area contributed by atoms with E-state index in [0.29, 0.717) is 10.9 Å².